The van der Waals surface area contributed by atoms with Crippen molar-refractivity contribution in [3.05, 3.63) is 59.9 Å². The van der Waals surface area contributed by atoms with E-state index in [0.717, 1.165) is 36.0 Å². The second-order valence-electron chi connectivity index (χ2n) is 7.16. The Morgan fingerprint density at radius 2 is 1.79 bits per heavy atom. The van der Waals surface area contributed by atoms with Crippen molar-refractivity contribution in [3.63, 3.8) is 0 Å². The monoisotopic (exact) mass is 398 g/mol. The van der Waals surface area contributed by atoms with Gasteiger partial charge in [-0.25, -0.2) is 13.4 Å². The third-order valence-corrected chi connectivity index (χ3v) is 5.62. The zero-order valence-electron chi connectivity index (χ0n) is 15.6. The van der Waals surface area contributed by atoms with Gasteiger partial charge in [0.05, 0.1) is 17.3 Å². The lowest BCUT2D eigenvalue weighted by atomic mass is 9.95. The zero-order chi connectivity index (χ0) is 19.7. The van der Waals surface area contributed by atoms with Gasteiger partial charge in [-0.15, -0.1) is 0 Å². The van der Waals surface area contributed by atoms with Crippen LogP contribution in [0.15, 0.2) is 48.5 Å². The van der Waals surface area contributed by atoms with Crippen molar-refractivity contribution in [3.8, 4) is 0 Å². The van der Waals surface area contributed by atoms with Crippen LogP contribution in [0.25, 0.3) is 11.0 Å². The molecule has 1 amide bonds. The smallest absolute Gasteiger partial charge is 0.253 e. The van der Waals surface area contributed by atoms with Gasteiger partial charge in [0.15, 0.2) is 0 Å². The topological polar surface area (TPSA) is 95.2 Å². The summed E-state index contributed by atoms with van der Waals surface area (Å²) in [6.45, 7) is 1.34. The minimum atomic E-state index is -3.33. The Labute approximate surface area is 163 Å². The highest BCUT2D eigenvalue weighted by atomic mass is 32.2. The summed E-state index contributed by atoms with van der Waals surface area (Å²) in [5.74, 6) is 1.27. The quantitative estimate of drug-likeness (QED) is 0.706. The van der Waals surface area contributed by atoms with Crippen molar-refractivity contribution >= 4 is 32.7 Å². The fraction of sp³-hybridized carbons (Fsp3) is 0.300. The van der Waals surface area contributed by atoms with Gasteiger partial charge in [0, 0.05) is 30.3 Å². The van der Waals surface area contributed by atoms with Crippen molar-refractivity contribution < 1.29 is 13.2 Å². The van der Waals surface area contributed by atoms with Crippen LogP contribution in [0.2, 0.25) is 0 Å². The standard InChI is InChI=1S/C20H22N4O3S/c1-28(26,27)23-16-8-6-15(7-9-16)20(25)24-12-10-14(11-13-24)19-21-17-4-2-3-5-18(17)22-19/h2-9,14,23H,10-13H2,1H3,(H,21,22). The number of carbonyl (C=O) groups is 1. The van der Waals surface area contributed by atoms with Gasteiger partial charge in [0.2, 0.25) is 10.0 Å². The van der Waals surface area contributed by atoms with Gasteiger partial charge in [-0.1, -0.05) is 12.1 Å². The molecule has 1 aliphatic heterocycles. The molecule has 0 radical (unpaired) electrons. The molecule has 1 aromatic heterocycles. The number of sulfonamides is 1. The number of hydrogen-bond donors (Lipinski definition) is 2. The first-order valence-corrected chi connectivity index (χ1v) is 11.1. The minimum Gasteiger partial charge on any atom is -0.342 e. The molecule has 0 atom stereocenters. The lowest BCUT2D eigenvalue weighted by Gasteiger charge is -2.31. The molecule has 0 spiro atoms. The van der Waals surface area contributed by atoms with E-state index < -0.39 is 10.0 Å². The van der Waals surface area contributed by atoms with Gasteiger partial charge >= 0.3 is 0 Å². The van der Waals surface area contributed by atoms with E-state index in [9.17, 15) is 13.2 Å². The summed E-state index contributed by atoms with van der Waals surface area (Å²) in [7, 11) is -3.33. The van der Waals surface area contributed by atoms with Gasteiger partial charge < -0.3 is 9.88 Å². The fourth-order valence-corrected chi connectivity index (χ4v) is 4.16. The summed E-state index contributed by atoms with van der Waals surface area (Å²) < 4.78 is 25.0. The Balaban J connectivity index is 1.39. The number of benzene rings is 2. The van der Waals surface area contributed by atoms with Crippen LogP contribution in [-0.2, 0) is 10.0 Å². The molecule has 1 fully saturated rings. The molecule has 8 heteroatoms. The van der Waals surface area contributed by atoms with E-state index in [0.29, 0.717) is 30.3 Å². The lowest BCUT2D eigenvalue weighted by Crippen LogP contribution is -2.38. The number of imidazole rings is 1. The molecule has 2 aromatic carbocycles. The predicted octanol–water partition coefficient (Wildman–Crippen LogP) is 2.95. The number of aromatic amines is 1. The summed E-state index contributed by atoms with van der Waals surface area (Å²) >= 11 is 0. The molecule has 3 aromatic rings. The number of amides is 1. The molecule has 2 N–H and O–H groups in total. The van der Waals surface area contributed by atoms with Gasteiger partial charge in [-0.2, -0.15) is 0 Å². The third kappa shape index (κ3) is 4.01. The van der Waals surface area contributed by atoms with Crippen molar-refractivity contribution in [1.29, 1.82) is 0 Å². The highest BCUT2D eigenvalue weighted by molar-refractivity contribution is 7.92. The lowest BCUT2D eigenvalue weighted by molar-refractivity contribution is 0.0711. The van der Waals surface area contributed by atoms with Crippen LogP contribution in [0.1, 0.15) is 34.9 Å². The van der Waals surface area contributed by atoms with Gasteiger partial charge in [0.25, 0.3) is 5.91 Å². The Bertz CT molecular complexity index is 1060. The molecule has 146 valence electrons. The molecule has 4 rings (SSSR count). The largest absolute Gasteiger partial charge is 0.342 e. The van der Waals surface area contributed by atoms with Gasteiger partial charge in [-0.3, -0.25) is 9.52 Å². The number of fused-ring (bicyclic) bond motifs is 1. The number of nitrogens with one attached hydrogen (secondary N) is 2. The van der Waals surface area contributed by atoms with E-state index in [1.165, 1.54) is 0 Å². The zero-order valence-corrected chi connectivity index (χ0v) is 16.4. The molecule has 0 unspecified atom stereocenters. The highest BCUT2D eigenvalue weighted by Crippen LogP contribution is 2.28. The Hall–Kier alpha value is -2.87. The molecule has 2 heterocycles. The average molecular weight is 398 g/mol. The summed E-state index contributed by atoms with van der Waals surface area (Å²) in [5, 5.41) is 0. The minimum absolute atomic E-state index is 0.0334. The molecule has 1 aliphatic rings. The number of anilines is 1. The summed E-state index contributed by atoms with van der Waals surface area (Å²) in [4.78, 5) is 22.7. The predicted molar refractivity (Wildman–Crippen MR) is 109 cm³/mol. The van der Waals surface area contributed by atoms with E-state index in [2.05, 4.69) is 14.7 Å². The number of H-pyrrole nitrogens is 1. The van der Waals surface area contributed by atoms with Crippen molar-refractivity contribution in [2.45, 2.75) is 18.8 Å². The number of piperidine rings is 1. The first-order valence-electron chi connectivity index (χ1n) is 9.21. The van der Waals surface area contributed by atoms with Crippen LogP contribution in [0, 0.1) is 0 Å². The molecular weight excluding hydrogens is 376 g/mol. The maximum atomic E-state index is 12.7. The molecule has 0 saturated carbocycles. The first-order chi connectivity index (χ1) is 13.4. The number of rotatable bonds is 4. The van der Waals surface area contributed by atoms with Crippen molar-refractivity contribution in [2.75, 3.05) is 24.1 Å². The Kier molecular flexibility index (Phi) is 4.80. The maximum Gasteiger partial charge on any atom is 0.253 e. The first kappa shape index (κ1) is 18.5. The maximum absolute atomic E-state index is 12.7. The van der Waals surface area contributed by atoms with E-state index in [1.54, 1.807) is 24.3 Å². The number of para-hydroxylation sites is 2. The third-order valence-electron chi connectivity index (χ3n) is 5.01. The Morgan fingerprint density at radius 3 is 2.43 bits per heavy atom. The van der Waals surface area contributed by atoms with E-state index in [4.69, 9.17) is 0 Å². The second-order valence-corrected chi connectivity index (χ2v) is 8.91. The van der Waals surface area contributed by atoms with Crippen molar-refractivity contribution in [2.24, 2.45) is 0 Å². The van der Waals surface area contributed by atoms with Crippen LogP contribution in [-0.4, -0.2) is 48.5 Å². The molecule has 7 nitrogen and oxygen atoms in total. The van der Waals surface area contributed by atoms with E-state index in [1.807, 2.05) is 29.2 Å². The van der Waals surface area contributed by atoms with E-state index in [-0.39, 0.29) is 5.91 Å². The second kappa shape index (κ2) is 7.27. The number of likely N-dealkylation sites (tertiary alicyclic amines) is 1. The van der Waals surface area contributed by atoms with Crippen molar-refractivity contribution in [1.82, 2.24) is 14.9 Å². The molecule has 0 bridgehead atoms. The summed E-state index contributed by atoms with van der Waals surface area (Å²) in [5.41, 5.74) is 3.02. The molecule has 28 heavy (non-hydrogen) atoms. The number of aromatic nitrogens is 2. The van der Waals surface area contributed by atoms with Crippen LogP contribution in [0.4, 0.5) is 5.69 Å². The number of nitrogens with zero attached hydrogens (tertiary/aromatic N) is 2. The molecule has 1 saturated heterocycles. The number of hydrogen-bond acceptors (Lipinski definition) is 4. The highest BCUT2D eigenvalue weighted by Gasteiger charge is 2.26. The normalized spacial score (nSPS) is 15.7. The summed E-state index contributed by atoms with van der Waals surface area (Å²) in [6, 6.07) is 14.5. The van der Waals surface area contributed by atoms with Crippen LogP contribution >= 0.6 is 0 Å². The van der Waals surface area contributed by atoms with Gasteiger partial charge in [0.1, 0.15) is 5.82 Å². The average Bonchev–Trinajstić information content (AvgIpc) is 3.11. The van der Waals surface area contributed by atoms with Crippen LogP contribution in [0.3, 0.4) is 0 Å². The van der Waals surface area contributed by atoms with Crippen LogP contribution in [0.5, 0.6) is 0 Å². The molecule has 0 aliphatic carbocycles. The fourth-order valence-electron chi connectivity index (χ4n) is 3.60. The van der Waals surface area contributed by atoms with E-state index >= 15 is 0 Å². The summed E-state index contributed by atoms with van der Waals surface area (Å²) in [6.07, 6.45) is 2.82. The van der Waals surface area contributed by atoms with Gasteiger partial charge in [-0.05, 0) is 49.2 Å². The SMILES string of the molecule is CS(=O)(=O)Nc1ccc(C(=O)N2CCC(c3nc4ccccc4[nH]3)CC2)cc1. The Morgan fingerprint density at radius 1 is 1.11 bits per heavy atom. The van der Waals surface area contributed by atoms with Crippen LogP contribution < -0.4 is 4.72 Å². The number of carbonyl (C=O) groups excluding carboxylic acids is 1. The molecular formula is C20H22N4O3S.